The largest absolute Gasteiger partial charge is 0.394 e. The van der Waals surface area contributed by atoms with Crippen molar-refractivity contribution in [3.05, 3.63) is 0 Å². The van der Waals surface area contributed by atoms with Gasteiger partial charge in [0, 0.05) is 19.7 Å². The van der Waals surface area contributed by atoms with Crippen LogP contribution in [0.15, 0.2) is 0 Å². The van der Waals surface area contributed by atoms with Crippen molar-refractivity contribution >= 4 is 5.91 Å². The van der Waals surface area contributed by atoms with E-state index in [-0.39, 0.29) is 18.6 Å². The highest BCUT2D eigenvalue weighted by atomic mass is 16.5. The van der Waals surface area contributed by atoms with Crippen molar-refractivity contribution in [1.82, 2.24) is 10.2 Å². The van der Waals surface area contributed by atoms with Crippen molar-refractivity contribution < 1.29 is 14.6 Å². The molecule has 1 saturated heterocycles. The number of rotatable bonds is 8. The van der Waals surface area contributed by atoms with E-state index in [9.17, 15) is 4.79 Å². The second kappa shape index (κ2) is 8.44. The van der Waals surface area contributed by atoms with Crippen LogP contribution in [0.3, 0.4) is 0 Å². The van der Waals surface area contributed by atoms with Gasteiger partial charge in [0.05, 0.1) is 19.3 Å². The number of carbonyl (C=O) groups is 1. The lowest BCUT2D eigenvalue weighted by atomic mass is 10.3. The second-order valence-electron chi connectivity index (χ2n) is 4.40. The monoisotopic (exact) mass is 244 g/mol. The van der Waals surface area contributed by atoms with Crippen LogP contribution in [0.4, 0.5) is 0 Å². The number of aliphatic hydroxyl groups excluding tert-OH is 1. The molecule has 1 unspecified atom stereocenters. The summed E-state index contributed by atoms with van der Waals surface area (Å²) in [6.07, 6.45) is 3.12. The van der Waals surface area contributed by atoms with Gasteiger partial charge in [-0.15, -0.1) is 0 Å². The van der Waals surface area contributed by atoms with Crippen LogP contribution in [0.25, 0.3) is 0 Å². The minimum atomic E-state index is -0.106. The number of hydrogen-bond acceptors (Lipinski definition) is 4. The molecular weight excluding hydrogens is 220 g/mol. The average Bonchev–Trinajstić information content (AvgIpc) is 2.86. The van der Waals surface area contributed by atoms with Gasteiger partial charge in [0.2, 0.25) is 5.91 Å². The van der Waals surface area contributed by atoms with Crippen molar-refractivity contribution in [3.63, 3.8) is 0 Å². The molecule has 5 nitrogen and oxygen atoms in total. The molecule has 1 amide bonds. The minimum absolute atomic E-state index is 0.0667. The molecule has 1 atom stereocenters. The fourth-order valence-corrected chi connectivity index (χ4v) is 1.96. The molecule has 1 fully saturated rings. The Morgan fingerprint density at radius 1 is 1.41 bits per heavy atom. The van der Waals surface area contributed by atoms with Crippen molar-refractivity contribution in [2.24, 2.45) is 0 Å². The molecule has 0 spiro atoms. The Balaban J connectivity index is 2.03. The van der Waals surface area contributed by atoms with Gasteiger partial charge in [-0.2, -0.15) is 0 Å². The first-order valence-corrected chi connectivity index (χ1v) is 6.46. The van der Waals surface area contributed by atoms with Crippen LogP contribution >= 0.6 is 0 Å². The molecule has 1 rings (SSSR count). The number of nitrogens with zero attached hydrogens (tertiary/aromatic N) is 1. The number of ether oxygens (including phenoxy) is 1. The van der Waals surface area contributed by atoms with Crippen LogP contribution in [0.5, 0.6) is 0 Å². The van der Waals surface area contributed by atoms with E-state index in [4.69, 9.17) is 9.84 Å². The van der Waals surface area contributed by atoms with Crippen molar-refractivity contribution in [1.29, 1.82) is 0 Å². The highest BCUT2D eigenvalue weighted by molar-refractivity contribution is 5.81. The van der Waals surface area contributed by atoms with E-state index in [1.54, 1.807) is 0 Å². The molecule has 100 valence electrons. The van der Waals surface area contributed by atoms with Gasteiger partial charge >= 0.3 is 0 Å². The zero-order valence-electron chi connectivity index (χ0n) is 10.7. The predicted molar refractivity (Wildman–Crippen MR) is 65.8 cm³/mol. The minimum Gasteiger partial charge on any atom is -0.394 e. The summed E-state index contributed by atoms with van der Waals surface area (Å²) in [5.74, 6) is 0.207. The Morgan fingerprint density at radius 3 is 2.76 bits per heavy atom. The van der Waals surface area contributed by atoms with Gasteiger partial charge in [-0.05, 0) is 32.7 Å². The highest BCUT2D eigenvalue weighted by Gasteiger charge is 2.22. The summed E-state index contributed by atoms with van der Waals surface area (Å²) in [4.78, 5) is 13.8. The third-order valence-electron chi connectivity index (χ3n) is 2.94. The zero-order valence-corrected chi connectivity index (χ0v) is 10.7. The van der Waals surface area contributed by atoms with E-state index in [2.05, 4.69) is 5.32 Å². The maximum Gasteiger partial charge on any atom is 0.239 e. The lowest BCUT2D eigenvalue weighted by Crippen LogP contribution is -2.44. The Morgan fingerprint density at radius 2 is 2.12 bits per heavy atom. The molecule has 0 aromatic carbocycles. The van der Waals surface area contributed by atoms with E-state index < -0.39 is 0 Å². The molecule has 0 bridgehead atoms. The molecule has 0 saturated carbocycles. The van der Waals surface area contributed by atoms with E-state index in [1.807, 2.05) is 11.8 Å². The normalized spacial score (nSPS) is 17.4. The van der Waals surface area contributed by atoms with Crippen molar-refractivity contribution in [2.75, 3.05) is 39.5 Å². The first-order valence-electron chi connectivity index (χ1n) is 6.46. The third kappa shape index (κ3) is 5.48. The molecule has 0 aromatic heterocycles. The van der Waals surface area contributed by atoms with Gasteiger partial charge < -0.3 is 20.1 Å². The van der Waals surface area contributed by atoms with Crippen LogP contribution in [0.1, 0.15) is 26.2 Å². The van der Waals surface area contributed by atoms with Crippen molar-refractivity contribution in [3.8, 4) is 0 Å². The van der Waals surface area contributed by atoms with Crippen LogP contribution in [-0.4, -0.2) is 61.4 Å². The van der Waals surface area contributed by atoms with Gasteiger partial charge in [0.1, 0.15) is 0 Å². The number of likely N-dealkylation sites (tertiary alicyclic amines) is 1. The van der Waals surface area contributed by atoms with Crippen LogP contribution < -0.4 is 5.32 Å². The molecule has 1 aliphatic rings. The lowest BCUT2D eigenvalue weighted by molar-refractivity contribution is -0.131. The molecular formula is C12H24N2O3. The first-order chi connectivity index (χ1) is 8.25. The number of carbonyl (C=O) groups excluding carboxylic acids is 1. The Bertz CT molecular complexity index is 218. The Hall–Kier alpha value is -0.650. The number of hydrogen-bond donors (Lipinski definition) is 2. The SMILES string of the molecule is CC(NCCCOCCO)C(=O)N1CCCC1. The Kier molecular flexibility index (Phi) is 7.16. The predicted octanol–water partition coefficient (Wildman–Crippen LogP) is -0.0141. The molecule has 0 aliphatic carbocycles. The summed E-state index contributed by atoms with van der Waals surface area (Å²) >= 11 is 0. The number of nitrogens with one attached hydrogen (secondary N) is 1. The van der Waals surface area contributed by atoms with Gasteiger partial charge in [-0.25, -0.2) is 0 Å². The summed E-state index contributed by atoms with van der Waals surface area (Å²) in [6, 6.07) is -0.106. The molecule has 5 heteroatoms. The Labute approximate surface area is 103 Å². The molecule has 0 aromatic rings. The van der Waals surface area contributed by atoms with Gasteiger partial charge in [-0.1, -0.05) is 0 Å². The fourth-order valence-electron chi connectivity index (χ4n) is 1.96. The summed E-state index contributed by atoms with van der Waals surface area (Å²) in [5, 5.41) is 11.7. The zero-order chi connectivity index (χ0) is 12.5. The van der Waals surface area contributed by atoms with Crippen LogP contribution in [-0.2, 0) is 9.53 Å². The van der Waals surface area contributed by atoms with E-state index in [0.29, 0.717) is 13.2 Å². The smallest absolute Gasteiger partial charge is 0.239 e. The van der Waals surface area contributed by atoms with Crippen molar-refractivity contribution in [2.45, 2.75) is 32.2 Å². The van der Waals surface area contributed by atoms with Crippen LogP contribution in [0, 0.1) is 0 Å². The number of amides is 1. The fraction of sp³-hybridized carbons (Fsp3) is 0.917. The summed E-state index contributed by atoms with van der Waals surface area (Å²) in [6.45, 7) is 5.58. The van der Waals surface area contributed by atoms with E-state index >= 15 is 0 Å². The lowest BCUT2D eigenvalue weighted by Gasteiger charge is -2.21. The van der Waals surface area contributed by atoms with Gasteiger partial charge in [0.25, 0.3) is 0 Å². The average molecular weight is 244 g/mol. The highest BCUT2D eigenvalue weighted by Crippen LogP contribution is 2.08. The second-order valence-corrected chi connectivity index (χ2v) is 4.40. The maximum atomic E-state index is 11.9. The molecule has 2 N–H and O–H groups in total. The van der Waals surface area contributed by atoms with Gasteiger partial charge in [0.15, 0.2) is 0 Å². The molecule has 17 heavy (non-hydrogen) atoms. The standard InChI is InChI=1S/C12H24N2O3/c1-11(12(16)14-6-2-3-7-14)13-5-4-9-17-10-8-15/h11,13,15H,2-10H2,1H3. The molecule has 1 heterocycles. The first kappa shape index (κ1) is 14.4. The van der Waals surface area contributed by atoms with Crippen LogP contribution in [0.2, 0.25) is 0 Å². The molecule has 1 aliphatic heterocycles. The molecule has 0 radical (unpaired) electrons. The topological polar surface area (TPSA) is 61.8 Å². The van der Waals surface area contributed by atoms with E-state index in [0.717, 1.165) is 38.9 Å². The van der Waals surface area contributed by atoms with E-state index in [1.165, 1.54) is 0 Å². The summed E-state index contributed by atoms with van der Waals surface area (Å²) < 4.78 is 5.14. The summed E-state index contributed by atoms with van der Waals surface area (Å²) in [5.41, 5.74) is 0. The number of aliphatic hydroxyl groups is 1. The quantitative estimate of drug-likeness (QED) is 0.589. The summed E-state index contributed by atoms with van der Waals surface area (Å²) in [7, 11) is 0. The maximum absolute atomic E-state index is 11.9. The van der Waals surface area contributed by atoms with Gasteiger partial charge in [-0.3, -0.25) is 4.79 Å². The third-order valence-corrected chi connectivity index (χ3v) is 2.94.